The summed E-state index contributed by atoms with van der Waals surface area (Å²) in [6.07, 6.45) is 3.08. The molecule has 160 valence electrons. The Balaban J connectivity index is 1.51. The molecule has 32 heavy (non-hydrogen) atoms. The average molecular weight is 441 g/mol. The number of amides is 1. The smallest absolute Gasteiger partial charge is 0.230 e. The Kier molecular flexibility index (Phi) is 4.80. The van der Waals surface area contributed by atoms with E-state index in [0.29, 0.717) is 6.42 Å². The van der Waals surface area contributed by atoms with Gasteiger partial charge in [0.1, 0.15) is 5.78 Å². The lowest BCUT2D eigenvalue weighted by Gasteiger charge is -2.38. The zero-order chi connectivity index (χ0) is 21.7. The van der Waals surface area contributed by atoms with E-state index < -0.39 is 5.92 Å². The first-order valence-corrected chi connectivity index (χ1v) is 12.2. The minimum Gasteiger partial charge on any atom is -0.301 e. The van der Waals surface area contributed by atoms with Gasteiger partial charge in [0.05, 0.1) is 23.3 Å². The fraction of sp³-hybridized carbons (Fsp3) is 0.296. The van der Waals surface area contributed by atoms with Gasteiger partial charge in [-0.1, -0.05) is 48.5 Å². The predicted octanol–water partition coefficient (Wildman–Crippen LogP) is 6.08. The second-order valence-electron chi connectivity index (χ2n) is 8.99. The first-order valence-electron chi connectivity index (χ1n) is 11.3. The predicted molar refractivity (Wildman–Crippen MR) is 128 cm³/mol. The molecule has 2 saturated carbocycles. The molecule has 5 heteroatoms. The third-order valence-corrected chi connectivity index (χ3v) is 7.82. The molecule has 1 aromatic heterocycles. The molecular formula is C27H24N2O2S. The van der Waals surface area contributed by atoms with Crippen LogP contribution in [-0.2, 0) is 9.59 Å². The monoisotopic (exact) mass is 440 g/mol. The van der Waals surface area contributed by atoms with E-state index in [1.165, 1.54) is 5.56 Å². The highest BCUT2D eigenvalue weighted by Gasteiger charge is 2.48. The molecule has 3 aromatic rings. The van der Waals surface area contributed by atoms with Gasteiger partial charge in [-0.05, 0) is 54.3 Å². The van der Waals surface area contributed by atoms with Crippen LogP contribution in [0.15, 0.2) is 77.1 Å². The van der Waals surface area contributed by atoms with Crippen molar-refractivity contribution in [1.29, 1.82) is 0 Å². The fourth-order valence-corrected chi connectivity index (χ4v) is 6.04. The number of para-hydroxylation sites is 2. The summed E-state index contributed by atoms with van der Waals surface area (Å²) in [5.74, 6) is 0.0982. The Morgan fingerprint density at radius 3 is 2.47 bits per heavy atom. The molecule has 2 aromatic carbocycles. The van der Waals surface area contributed by atoms with Crippen LogP contribution in [0.2, 0.25) is 0 Å². The van der Waals surface area contributed by atoms with Gasteiger partial charge in [0.15, 0.2) is 0 Å². The van der Waals surface area contributed by atoms with Crippen LogP contribution >= 0.6 is 11.3 Å². The normalized spacial score (nSPS) is 24.9. The van der Waals surface area contributed by atoms with Crippen molar-refractivity contribution in [2.45, 2.75) is 37.6 Å². The van der Waals surface area contributed by atoms with E-state index in [2.05, 4.69) is 18.2 Å². The van der Waals surface area contributed by atoms with Gasteiger partial charge < -0.3 is 4.90 Å². The lowest BCUT2D eigenvalue weighted by Crippen LogP contribution is -2.45. The minimum atomic E-state index is -0.399. The van der Waals surface area contributed by atoms with Gasteiger partial charge in [-0.15, -0.1) is 11.3 Å². The number of thiophene rings is 1. The summed E-state index contributed by atoms with van der Waals surface area (Å²) in [6.45, 7) is 0. The zero-order valence-electron chi connectivity index (χ0n) is 17.7. The quantitative estimate of drug-likeness (QED) is 0.495. The fourth-order valence-electron chi connectivity index (χ4n) is 5.19. The Morgan fingerprint density at radius 2 is 1.72 bits per heavy atom. The number of nitrogens with zero attached hydrogens (tertiary/aromatic N) is 2. The van der Waals surface area contributed by atoms with Crippen LogP contribution in [0.1, 0.15) is 48.1 Å². The van der Waals surface area contributed by atoms with Gasteiger partial charge in [0.2, 0.25) is 5.91 Å². The molecule has 0 N–H and O–H groups in total. The number of carbonyl (C=O) groups excluding carboxylic acids is 2. The minimum absolute atomic E-state index is 0.0582. The van der Waals surface area contributed by atoms with E-state index in [9.17, 15) is 9.59 Å². The van der Waals surface area contributed by atoms with Crippen LogP contribution in [0, 0.1) is 11.8 Å². The molecule has 0 radical (unpaired) electrons. The number of aliphatic imine (C=N–C) groups is 1. The summed E-state index contributed by atoms with van der Waals surface area (Å²) < 4.78 is 0. The highest BCUT2D eigenvalue weighted by molar-refractivity contribution is 7.10. The molecule has 1 unspecified atom stereocenters. The number of fused-ring (bicyclic) bond motifs is 2. The van der Waals surface area contributed by atoms with Crippen LogP contribution < -0.4 is 4.90 Å². The Bertz CT molecular complexity index is 1200. The Labute approximate surface area is 191 Å². The van der Waals surface area contributed by atoms with Crippen molar-refractivity contribution in [3.63, 3.8) is 0 Å². The van der Waals surface area contributed by atoms with E-state index in [-0.39, 0.29) is 29.6 Å². The number of hydrogen-bond donors (Lipinski definition) is 0. The zero-order valence-corrected chi connectivity index (χ0v) is 18.5. The standard InChI is InChI=1S/C27H24N2O2S/c30-23-16-19(17-7-2-1-3-8-17)15-21-25(23)26(24-11-6-14-32-24)29(27(31)18-12-13-18)22-10-5-4-9-20(22)28-21/h1-11,14,18-19,25-26H,12-13,15-16H2/t19-,25?,26-/m1/s1. The van der Waals surface area contributed by atoms with E-state index in [4.69, 9.17) is 4.99 Å². The van der Waals surface area contributed by atoms with Crippen LogP contribution in [0.3, 0.4) is 0 Å². The van der Waals surface area contributed by atoms with E-state index >= 15 is 0 Å². The van der Waals surface area contributed by atoms with Crippen LogP contribution in [0.25, 0.3) is 0 Å². The molecule has 6 rings (SSSR count). The first kappa shape index (κ1) is 19.6. The molecule has 1 amide bonds. The highest BCUT2D eigenvalue weighted by Crippen LogP contribution is 2.49. The number of hydrogen-bond acceptors (Lipinski definition) is 4. The number of rotatable bonds is 3. The highest BCUT2D eigenvalue weighted by atomic mass is 32.1. The van der Waals surface area contributed by atoms with E-state index in [1.807, 2.05) is 58.8 Å². The third-order valence-electron chi connectivity index (χ3n) is 6.88. The average Bonchev–Trinajstić information content (AvgIpc) is 3.56. The largest absolute Gasteiger partial charge is 0.301 e. The molecule has 3 atom stereocenters. The van der Waals surface area contributed by atoms with Gasteiger partial charge in [-0.2, -0.15) is 0 Å². The molecule has 2 fully saturated rings. The number of benzene rings is 2. The van der Waals surface area contributed by atoms with Gasteiger partial charge in [-0.25, -0.2) is 0 Å². The van der Waals surface area contributed by atoms with Crippen molar-refractivity contribution < 1.29 is 9.59 Å². The molecule has 1 aliphatic heterocycles. The van der Waals surface area contributed by atoms with E-state index in [0.717, 1.165) is 41.2 Å². The van der Waals surface area contributed by atoms with Crippen molar-refractivity contribution >= 4 is 40.1 Å². The molecule has 0 spiro atoms. The van der Waals surface area contributed by atoms with Crippen molar-refractivity contribution in [2.75, 3.05) is 4.90 Å². The van der Waals surface area contributed by atoms with Crippen LogP contribution in [-0.4, -0.2) is 17.4 Å². The van der Waals surface area contributed by atoms with Gasteiger partial charge in [0, 0.05) is 22.9 Å². The topological polar surface area (TPSA) is 49.7 Å². The maximum Gasteiger partial charge on any atom is 0.230 e. The van der Waals surface area contributed by atoms with Gasteiger partial charge in [0.25, 0.3) is 0 Å². The molecule has 3 aliphatic rings. The van der Waals surface area contributed by atoms with Crippen molar-refractivity contribution in [1.82, 2.24) is 0 Å². The first-order chi connectivity index (χ1) is 15.7. The van der Waals surface area contributed by atoms with Crippen molar-refractivity contribution in [2.24, 2.45) is 16.8 Å². The maximum absolute atomic E-state index is 13.8. The lowest BCUT2D eigenvalue weighted by atomic mass is 9.73. The van der Waals surface area contributed by atoms with E-state index in [1.54, 1.807) is 11.3 Å². The number of anilines is 1. The molecule has 0 bridgehead atoms. The summed E-state index contributed by atoms with van der Waals surface area (Å²) in [5.41, 5.74) is 3.71. The molecule has 2 aliphatic carbocycles. The molecular weight excluding hydrogens is 416 g/mol. The van der Waals surface area contributed by atoms with Crippen LogP contribution in [0.5, 0.6) is 0 Å². The summed E-state index contributed by atoms with van der Waals surface area (Å²) >= 11 is 1.62. The van der Waals surface area contributed by atoms with Crippen molar-refractivity contribution in [3.05, 3.63) is 82.6 Å². The summed E-state index contributed by atoms with van der Waals surface area (Å²) in [5, 5.41) is 2.03. The number of carbonyl (C=O) groups is 2. The molecule has 4 nitrogen and oxygen atoms in total. The summed E-state index contributed by atoms with van der Waals surface area (Å²) in [7, 11) is 0. The lowest BCUT2D eigenvalue weighted by molar-refractivity contribution is -0.123. The summed E-state index contributed by atoms with van der Waals surface area (Å²) in [6, 6.07) is 21.9. The Hall–Kier alpha value is -3.05. The second-order valence-corrected chi connectivity index (χ2v) is 9.97. The van der Waals surface area contributed by atoms with Crippen LogP contribution in [0.4, 0.5) is 11.4 Å². The molecule has 0 saturated heterocycles. The summed E-state index contributed by atoms with van der Waals surface area (Å²) in [4.78, 5) is 35.4. The maximum atomic E-state index is 13.8. The Morgan fingerprint density at radius 1 is 0.938 bits per heavy atom. The molecule has 2 heterocycles. The number of ketones is 1. The van der Waals surface area contributed by atoms with Gasteiger partial charge in [-0.3, -0.25) is 14.6 Å². The second kappa shape index (κ2) is 7.82. The van der Waals surface area contributed by atoms with Gasteiger partial charge >= 0.3 is 0 Å². The SMILES string of the molecule is O=C1C[C@H](c2ccccc2)CC2=Nc3ccccc3N(C(=O)C3CC3)[C@H](c3cccs3)C12. The number of Topliss-reactive ketones (excluding diaryl/α,β-unsaturated/α-hetero) is 1. The van der Waals surface area contributed by atoms with Crippen molar-refractivity contribution in [3.8, 4) is 0 Å². The third kappa shape index (κ3) is 3.32.